The van der Waals surface area contributed by atoms with Gasteiger partial charge in [-0.3, -0.25) is 4.79 Å². The Morgan fingerprint density at radius 1 is 1.25 bits per heavy atom. The van der Waals surface area contributed by atoms with E-state index in [4.69, 9.17) is 10.5 Å². The highest BCUT2D eigenvalue weighted by Crippen LogP contribution is 2.16. The molecule has 20 heavy (non-hydrogen) atoms. The number of amides is 1. The molecule has 0 aliphatic heterocycles. The van der Waals surface area contributed by atoms with Crippen LogP contribution >= 0.6 is 0 Å². The summed E-state index contributed by atoms with van der Waals surface area (Å²) in [5.74, 6) is -0.710. The first-order chi connectivity index (χ1) is 9.60. The van der Waals surface area contributed by atoms with Crippen molar-refractivity contribution in [1.82, 2.24) is 5.32 Å². The molecule has 0 fully saturated rings. The Morgan fingerprint density at radius 2 is 1.95 bits per heavy atom. The molecule has 2 rings (SSSR count). The van der Waals surface area contributed by atoms with Crippen LogP contribution in [0.25, 0.3) is 0 Å². The molecule has 2 aromatic rings. The van der Waals surface area contributed by atoms with Gasteiger partial charge in [0.2, 0.25) is 0 Å². The number of nitrogens with two attached hydrogens (primary N) is 1. The van der Waals surface area contributed by atoms with Gasteiger partial charge in [0, 0.05) is 18.3 Å². The molecular weight excluding hydrogens is 259 g/mol. The number of methoxy groups -OCH3 is 1. The molecule has 0 atom stereocenters. The predicted octanol–water partition coefficient (Wildman–Crippen LogP) is 2.35. The second-order valence-electron chi connectivity index (χ2n) is 4.27. The Kier molecular flexibility index (Phi) is 4.20. The largest absolute Gasteiger partial charge is 0.497 e. The van der Waals surface area contributed by atoms with Crippen LogP contribution < -0.4 is 15.8 Å². The van der Waals surface area contributed by atoms with Crippen LogP contribution in [-0.4, -0.2) is 13.0 Å². The fourth-order valence-electron chi connectivity index (χ4n) is 1.72. The number of halogens is 1. The number of ether oxygens (including phenoxy) is 1. The lowest BCUT2D eigenvalue weighted by molar-refractivity contribution is 0.0947. The molecular formula is C15H15FN2O2. The Balaban J connectivity index is 2.03. The van der Waals surface area contributed by atoms with E-state index in [0.717, 1.165) is 5.56 Å². The molecule has 0 unspecified atom stereocenters. The van der Waals surface area contributed by atoms with E-state index in [-0.39, 0.29) is 5.56 Å². The predicted molar refractivity (Wildman–Crippen MR) is 75.0 cm³/mol. The van der Waals surface area contributed by atoms with Crippen molar-refractivity contribution in [1.29, 1.82) is 0 Å². The van der Waals surface area contributed by atoms with Crippen molar-refractivity contribution in [3.63, 3.8) is 0 Å². The zero-order chi connectivity index (χ0) is 14.5. The summed E-state index contributed by atoms with van der Waals surface area (Å²) in [6.07, 6.45) is 0. The van der Waals surface area contributed by atoms with Gasteiger partial charge in [0.1, 0.15) is 11.6 Å². The molecule has 104 valence electrons. The maximum absolute atomic E-state index is 13.7. The highest BCUT2D eigenvalue weighted by Gasteiger charge is 2.12. The van der Waals surface area contributed by atoms with Crippen molar-refractivity contribution in [3.8, 4) is 5.75 Å². The Labute approximate surface area is 116 Å². The Morgan fingerprint density at radius 3 is 2.55 bits per heavy atom. The normalized spacial score (nSPS) is 10.1. The number of hydrogen-bond acceptors (Lipinski definition) is 3. The summed E-state index contributed by atoms with van der Waals surface area (Å²) in [4.78, 5) is 11.9. The summed E-state index contributed by atoms with van der Waals surface area (Å²) >= 11 is 0. The van der Waals surface area contributed by atoms with E-state index >= 15 is 0 Å². The van der Waals surface area contributed by atoms with Gasteiger partial charge >= 0.3 is 0 Å². The van der Waals surface area contributed by atoms with Crippen molar-refractivity contribution >= 4 is 11.6 Å². The average molecular weight is 274 g/mol. The molecule has 0 radical (unpaired) electrons. The van der Waals surface area contributed by atoms with E-state index in [1.54, 1.807) is 30.3 Å². The van der Waals surface area contributed by atoms with E-state index in [9.17, 15) is 9.18 Å². The fraction of sp³-hybridized carbons (Fsp3) is 0.133. The minimum absolute atomic E-state index is 0.0127. The van der Waals surface area contributed by atoms with Crippen LogP contribution in [0.2, 0.25) is 0 Å². The number of carbonyl (C=O) groups excluding carboxylic acids is 1. The first kappa shape index (κ1) is 13.9. The van der Waals surface area contributed by atoms with Crippen molar-refractivity contribution in [2.24, 2.45) is 0 Å². The van der Waals surface area contributed by atoms with Crippen LogP contribution in [0.5, 0.6) is 5.75 Å². The minimum atomic E-state index is -0.612. The smallest absolute Gasteiger partial charge is 0.254 e. The lowest BCUT2D eigenvalue weighted by atomic mass is 10.1. The van der Waals surface area contributed by atoms with Gasteiger partial charge in [-0.2, -0.15) is 0 Å². The zero-order valence-electron chi connectivity index (χ0n) is 11.0. The van der Waals surface area contributed by atoms with Gasteiger partial charge in [0.05, 0.1) is 12.7 Å². The number of benzene rings is 2. The average Bonchev–Trinajstić information content (AvgIpc) is 2.46. The van der Waals surface area contributed by atoms with Crippen LogP contribution in [0.3, 0.4) is 0 Å². The van der Waals surface area contributed by atoms with Crippen LogP contribution in [0.4, 0.5) is 10.1 Å². The highest BCUT2D eigenvalue weighted by atomic mass is 19.1. The molecule has 5 heteroatoms. The first-order valence-corrected chi connectivity index (χ1v) is 6.06. The lowest BCUT2D eigenvalue weighted by Gasteiger charge is -2.07. The zero-order valence-corrected chi connectivity index (χ0v) is 11.0. The van der Waals surface area contributed by atoms with Crippen molar-refractivity contribution in [2.45, 2.75) is 6.54 Å². The van der Waals surface area contributed by atoms with E-state index in [2.05, 4.69) is 5.32 Å². The fourth-order valence-corrected chi connectivity index (χ4v) is 1.72. The van der Waals surface area contributed by atoms with E-state index in [1.807, 2.05) is 0 Å². The highest BCUT2D eigenvalue weighted by molar-refractivity contribution is 5.94. The van der Waals surface area contributed by atoms with Gasteiger partial charge in [0.25, 0.3) is 5.91 Å². The van der Waals surface area contributed by atoms with Crippen LogP contribution in [0, 0.1) is 5.82 Å². The molecule has 0 spiro atoms. The number of anilines is 1. The second kappa shape index (κ2) is 6.06. The topological polar surface area (TPSA) is 64.3 Å². The number of rotatable bonds is 4. The molecule has 1 amide bonds. The number of hydrogen-bond donors (Lipinski definition) is 2. The number of nitrogen functional groups attached to an aromatic ring is 1. The van der Waals surface area contributed by atoms with Crippen LogP contribution in [0.15, 0.2) is 42.5 Å². The van der Waals surface area contributed by atoms with Crippen molar-refractivity contribution in [2.75, 3.05) is 12.8 Å². The molecule has 0 saturated heterocycles. The van der Waals surface area contributed by atoms with Gasteiger partial charge in [-0.25, -0.2) is 4.39 Å². The molecule has 2 aromatic carbocycles. The van der Waals surface area contributed by atoms with Gasteiger partial charge in [0.15, 0.2) is 0 Å². The van der Waals surface area contributed by atoms with E-state index in [0.29, 0.717) is 18.0 Å². The third-order valence-electron chi connectivity index (χ3n) is 2.85. The maximum Gasteiger partial charge on any atom is 0.254 e. The maximum atomic E-state index is 13.7. The number of nitrogens with one attached hydrogen (secondary N) is 1. The molecule has 0 aliphatic carbocycles. The Bertz CT molecular complexity index is 612. The van der Waals surface area contributed by atoms with Crippen molar-refractivity contribution in [3.05, 3.63) is 59.4 Å². The molecule has 4 nitrogen and oxygen atoms in total. The molecule has 0 aromatic heterocycles. The van der Waals surface area contributed by atoms with Gasteiger partial charge in [-0.1, -0.05) is 12.1 Å². The summed E-state index contributed by atoms with van der Waals surface area (Å²) in [5.41, 5.74) is 7.10. The summed E-state index contributed by atoms with van der Waals surface area (Å²) in [5, 5.41) is 2.65. The SMILES string of the molecule is COc1ccc(C(=O)NCc2ccc(N)cc2)c(F)c1. The second-order valence-corrected chi connectivity index (χ2v) is 4.27. The van der Waals surface area contributed by atoms with Gasteiger partial charge < -0.3 is 15.8 Å². The minimum Gasteiger partial charge on any atom is -0.497 e. The summed E-state index contributed by atoms with van der Waals surface area (Å²) < 4.78 is 18.6. The number of carbonyl (C=O) groups is 1. The molecule has 0 bridgehead atoms. The standard InChI is InChI=1S/C15H15FN2O2/c1-20-12-6-7-13(14(16)8-12)15(19)18-9-10-2-4-11(17)5-3-10/h2-8H,9,17H2,1H3,(H,18,19). The summed E-state index contributed by atoms with van der Waals surface area (Å²) in [6, 6.07) is 11.2. The quantitative estimate of drug-likeness (QED) is 0.841. The molecule has 0 saturated carbocycles. The van der Waals surface area contributed by atoms with E-state index < -0.39 is 11.7 Å². The van der Waals surface area contributed by atoms with Crippen LogP contribution in [-0.2, 0) is 6.54 Å². The summed E-state index contributed by atoms with van der Waals surface area (Å²) in [7, 11) is 1.44. The van der Waals surface area contributed by atoms with Crippen molar-refractivity contribution < 1.29 is 13.9 Å². The first-order valence-electron chi connectivity index (χ1n) is 6.06. The monoisotopic (exact) mass is 274 g/mol. The summed E-state index contributed by atoms with van der Waals surface area (Å²) in [6.45, 7) is 0.310. The van der Waals surface area contributed by atoms with Gasteiger partial charge in [-0.15, -0.1) is 0 Å². The molecule has 0 aliphatic rings. The lowest BCUT2D eigenvalue weighted by Crippen LogP contribution is -2.23. The Hall–Kier alpha value is -2.56. The van der Waals surface area contributed by atoms with E-state index in [1.165, 1.54) is 19.2 Å². The third-order valence-corrected chi connectivity index (χ3v) is 2.85. The molecule has 0 heterocycles. The van der Waals surface area contributed by atoms with Gasteiger partial charge in [-0.05, 0) is 29.8 Å². The van der Waals surface area contributed by atoms with Crippen LogP contribution in [0.1, 0.15) is 15.9 Å². The third kappa shape index (κ3) is 3.26. The molecule has 3 N–H and O–H groups in total.